The fraction of sp³-hybridized carbons (Fsp3) is 0.289. The molecule has 5 heteroatoms. The Kier molecular flexibility index (Phi) is 9.33. The first-order valence-corrected chi connectivity index (χ1v) is 18.2. The molecule has 0 saturated heterocycles. The fourth-order valence-electron chi connectivity index (χ4n) is 8.08. The molecule has 0 amide bonds. The quantitative estimate of drug-likeness (QED) is 0.139. The predicted molar refractivity (Wildman–Crippen MR) is 209 cm³/mol. The maximum absolute atomic E-state index is 6.56. The molecule has 4 aromatic carbocycles. The molecule has 0 aliphatic carbocycles. The molecule has 0 saturated carbocycles. The van der Waals surface area contributed by atoms with Gasteiger partial charge in [-0.3, -0.25) is 4.57 Å². The second-order valence-corrected chi connectivity index (χ2v) is 14.1. The topological polar surface area (TPSA) is 44.9 Å². The molecule has 254 valence electrons. The van der Waals surface area contributed by atoms with Gasteiger partial charge in [0.2, 0.25) is 0 Å². The minimum atomic E-state index is 0.473. The summed E-state index contributed by atoms with van der Waals surface area (Å²) in [6, 6.07) is 29.6. The van der Waals surface area contributed by atoms with Gasteiger partial charge in [0.05, 0.1) is 22.9 Å². The molecule has 7 aromatic rings. The largest absolute Gasteiger partial charge is 0.457 e. The molecular formula is C45H48N4O. The van der Waals surface area contributed by atoms with Crippen molar-refractivity contribution in [3.8, 4) is 34.1 Å². The number of aromatic nitrogens is 4. The molecule has 5 nitrogen and oxygen atoms in total. The van der Waals surface area contributed by atoms with Crippen LogP contribution in [0.4, 0.5) is 0 Å². The van der Waals surface area contributed by atoms with Gasteiger partial charge < -0.3 is 4.74 Å². The third kappa shape index (κ3) is 6.22. The van der Waals surface area contributed by atoms with Crippen molar-refractivity contribution >= 4 is 21.8 Å². The number of hydrogen-bond acceptors (Lipinski definition) is 3. The van der Waals surface area contributed by atoms with Gasteiger partial charge in [0, 0.05) is 40.9 Å². The Bertz CT molecular complexity index is 2270. The number of nitrogens with zero attached hydrogens (tertiary/aromatic N) is 4. The molecule has 0 fully saturated rings. The van der Waals surface area contributed by atoms with Gasteiger partial charge in [-0.1, -0.05) is 70.9 Å². The number of pyridine rings is 1. The van der Waals surface area contributed by atoms with E-state index in [-0.39, 0.29) is 0 Å². The minimum absolute atomic E-state index is 0.473. The number of hydrogen-bond donors (Lipinski definition) is 0. The van der Waals surface area contributed by atoms with Crippen LogP contribution in [0.15, 0.2) is 104 Å². The summed E-state index contributed by atoms with van der Waals surface area (Å²) in [5.41, 5.74) is 12.6. The van der Waals surface area contributed by atoms with E-state index in [1.54, 1.807) is 0 Å². The third-order valence-electron chi connectivity index (χ3n) is 10.2. The monoisotopic (exact) mass is 660 g/mol. The average molecular weight is 661 g/mol. The minimum Gasteiger partial charge on any atom is -0.457 e. The van der Waals surface area contributed by atoms with Crippen molar-refractivity contribution in [2.75, 3.05) is 0 Å². The van der Waals surface area contributed by atoms with Gasteiger partial charge in [-0.15, -0.1) is 0 Å². The lowest BCUT2D eigenvalue weighted by atomic mass is 9.78. The van der Waals surface area contributed by atoms with Crippen LogP contribution in [-0.2, 0) is 0 Å². The summed E-state index contributed by atoms with van der Waals surface area (Å²) >= 11 is 0. The zero-order valence-corrected chi connectivity index (χ0v) is 30.5. The Morgan fingerprint density at radius 3 is 2.12 bits per heavy atom. The molecule has 0 N–H and O–H groups in total. The van der Waals surface area contributed by atoms with Crippen LogP contribution in [0.1, 0.15) is 93.0 Å². The van der Waals surface area contributed by atoms with Crippen LogP contribution < -0.4 is 4.74 Å². The van der Waals surface area contributed by atoms with Crippen LogP contribution in [-0.4, -0.2) is 19.3 Å². The predicted octanol–water partition coefficient (Wildman–Crippen LogP) is 12.6. The molecule has 0 bridgehead atoms. The number of rotatable bonds is 11. The van der Waals surface area contributed by atoms with Crippen LogP contribution in [0.5, 0.6) is 11.5 Å². The molecule has 2 unspecified atom stereocenters. The lowest BCUT2D eigenvalue weighted by Crippen LogP contribution is -2.08. The number of benzene rings is 4. The highest BCUT2D eigenvalue weighted by Crippen LogP contribution is 2.43. The Balaban J connectivity index is 1.26. The Morgan fingerprint density at radius 1 is 0.700 bits per heavy atom. The van der Waals surface area contributed by atoms with Gasteiger partial charge in [0.25, 0.3) is 0 Å². The molecule has 2 atom stereocenters. The van der Waals surface area contributed by atoms with Crippen LogP contribution in [0.2, 0.25) is 0 Å². The number of para-hydroxylation sites is 1. The Hall–Kier alpha value is -5.16. The summed E-state index contributed by atoms with van der Waals surface area (Å²) in [5.74, 6) is 3.37. The third-order valence-corrected chi connectivity index (χ3v) is 10.2. The van der Waals surface area contributed by atoms with E-state index in [0.717, 1.165) is 46.9 Å². The molecule has 0 aliphatic heterocycles. The van der Waals surface area contributed by atoms with Gasteiger partial charge in [-0.25, -0.2) is 9.67 Å². The standard InChI is InChI=1S/C45H48N4O/c1-8-13-30(4)43-32(6)24-33(7)44(31(5)14-9-2)45(43)34-27-47-48(28-34)35-15-12-16-36(25-35)50-37-19-20-39-38-17-10-11-18-40(38)49(41(39)26-37)42-23-29(3)21-22-46-42/h10-12,15-28,30-31H,8-9,13-14H2,1-7H3. The number of aryl methyl sites for hydroxylation is 3. The lowest BCUT2D eigenvalue weighted by molar-refractivity contribution is 0.483. The zero-order chi connectivity index (χ0) is 34.9. The first-order chi connectivity index (χ1) is 24.3. The molecule has 0 aliphatic rings. The van der Waals surface area contributed by atoms with E-state index >= 15 is 0 Å². The molecule has 0 spiro atoms. The van der Waals surface area contributed by atoms with E-state index in [4.69, 9.17) is 14.8 Å². The summed E-state index contributed by atoms with van der Waals surface area (Å²) in [5, 5.41) is 7.29. The molecule has 0 radical (unpaired) electrons. The van der Waals surface area contributed by atoms with Crippen molar-refractivity contribution in [2.24, 2.45) is 0 Å². The molecule has 3 aromatic heterocycles. The summed E-state index contributed by atoms with van der Waals surface area (Å²) < 4.78 is 10.8. The molecule has 7 rings (SSSR count). The highest BCUT2D eigenvalue weighted by molar-refractivity contribution is 6.09. The van der Waals surface area contributed by atoms with Gasteiger partial charge in [0.1, 0.15) is 17.3 Å². The molecule has 50 heavy (non-hydrogen) atoms. The fourth-order valence-corrected chi connectivity index (χ4v) is 8.08. The average Bonchev–Trinajstić information content (AvgIpc) is 3.71. The SMILES string of the molecule is CCCC(C)c1c(C)cc(C)c(C(C)CCC)c1-c1cnn(-c2cccc(Oc3ccc4c5ccccc5n(-c5cc(C)ccn5)c4c3)c2)c1. The van der Waals surface area contributed by atoms with Crippen molar-refractivity contribution in [1.82, 2.24) is 19.3 Å². The maximum atomic E-state index is 6.56. The van der Waals surface area contributed by atoms with Gasteiger partial charge >= 0.3 is 0 Å². The molecular weight excluding hydrogens is 613 g/mol. The van der Waals surface area contributed by atoms with E-state index in [1.807, 2.05) is 29.1 Å². The van der Waals surface area contributed by atoms with E-state index in [9.17, 15) is 0 Å². The number of ether oxygens (including phenoxy) is 1. The van der Waals surface area contributed by atoms with Crippen LogP contribution in [0.25, 0.3) is 44.4 Å². The van der Waals surface area contributed by atoms with Gasteiger partial charge in [-0.05, 0) is 121 Å². The molecule has 3 heterocycles. The summed E-state index contributed by atoms with van der Waals surface area (Å²) in [4.78, 5) is 4.74. The first-order valence-electron chi connectivity index (χ1n) is 18.2. The van der Waals surface area contributed by atoms with Crippen molar-refractivity contribution < 1.29 is 4.74 Å². The second kappa shape index (κ2) is 14.0. The van der Waals surface area contributed by atoms with E-state index in [1.165, 1.54) is 62.6 Å². The summed E-state index contributed by atoms with van der Waals surface area (Å²) in [6.45, 7) is 16.0. The van der Waals surface area contributed by atoms with Crippen LogP contribution >= 0.6 is 0 Å². The highest BCUT2D eigenvalue weighted by atomic mass is 16.5. The van der Waals surface area contributed by atoms with E-state index < -0.39 is 0 Å². The highest BCUT2D eigenvalue weighted by Gasteiger charge is 2.24. The zero-order valence-electron chi connectivity index (χ0n) is 30.5. The van der Waals surface area contributed by atoms with Crippen LogP contribution in [0.3, 0.4) is 0 Å². The van der Waals surface area contributed by atoms with E-state index in [2.05, 4.69) is 132 Å². The van der Waals surface area contributed by atoms with Crippen molar-refractivity contribution in [3.05, 3.63) is 131 Å². The van der Waals surface area contributed by atoms with Crippen molar-refractivity contribution in [2.45, 2.75) is 86.0 Å². The van der Waals surface area contributed by atoms with Gasteiger partial charge in [0.15, 0.2) is 0 Å². The first kappa shape index (κ1) is 33.3. The normalized spacial score (nSPS) is 12.9. The lowest BCUT2D eigenvalue weighted by Gasteiger charge is -2.26. The van der Waals surface area contributed by atoms with Crippen molar-refractivity contribution in [1.29, 1.82) is 0 Å². The van der Waals surface area contributed by atoms with Crippen LogP contribution in [0, 0.1) is 20.8 Å². The summed E-state index contributed by atoms with van der Waals surface area (Å²) in [7, 11) is 0. The van der Waals surface area contributed by atoms with Gasteiger partial charge in [-0.2, -0.15) is 5.10 Å². The maximum Gasteiger partial charge on any atom is 0.137 e. The van der Waals surface area contributed by atoms with E-state index in [0.29, 0.717) is 11.8 Å². The second-order valence-electron chi connectivity index (χ2n) is 14.1. The van der Waals surface area contributed by atoms with Crippen molar-refractivity contribution in [3.63, 3.8) is 0 Å². The Morgan fingerprint density at radius 2 is 1.40 bits per heavy atom. The smallest absolute Gasteiger partial charge is 0.137 e. The number of fused-ring (bicyclic) bond motifs is 3. The Labute approximate surface area is 296 Å². The summed E-state index contributed by atoms with van der Waals surface area (Å²) in [6.07, 6.45) is 10.8.